The average Bonchev–Trinajstić information content (AvgIpc) is 3.11. The van der Waals surface area contributed by atoms with Gasteiger partial charge in [0.05, 0.1) is 19.8 Å². The van der Waals surface area contributed by atoms with Crippen molar-refractivity contribution in [1.82, 2.24) is 25.3 Å². The van der Waals surface area contributed by atoms with E-state index in [4.69, 9.17) is 14.0 Å². The lowest BCUT2D eigenvalue weighted by Gasteiger charge is -2.36. The number of aromatic nitrogens is 2. The molecule has 2 aliphatic heterocycles. The standard InChI is InChI=1S/C16H27N5O4/c1-3-24-12(2)15-18-14(25-19-15)10-20-5-7-21(8-6-20)16(22)13-11-23-9-4-17-13/h12-13,17H,3-11H2,1-2H3. The molecule has 3 rings (SSSR count). The Morgan fingerprint density at radius 3 is 2.88 bits per heavy atom. The second-order valence-electron chi connectivity index (χ2n) is 6.33. The van der Waals surface area contributed by atoms with Crippen molar-refractivity contribution < 1.29 is 18.8 Å². The number of hydrogen-bond acceptors (Lipinski definition) is 8. The van der Waals surface area contributed by atoms with Crippen molar-refractivity contribution >= 4 is 5.91 Å². The number of rotatable bonds is 6. The summed E-state index contributed by atoms with van der Waals surface area (Å²) in [5, 5.41) is 7.20. The maximum absolute atomic E-state index is 12.5. The molecule has 2 saturated heterocycles. The monoisotopic (exact) mass is 353 g/mol. The number of nitrogens with one attached hydrogen (secondary N) is 1. The zero-order valence-corrected chi connectivity index (χ0v) is 14.9. The van der Waals surface area contributed by atoms with E-state index in [1.54, 1.807) is 0 Å². The molecule has 9 nitrogen and oxygen atoms in total. The summed E-state index contributed by atoms with van der Waals surface area (Å²) in [6.45, 7) is 9.90. The van der Waals surface area contributed by atoms with Crippen LogP contribution < -0.4 is 5.32 Å². The first-order valence-electron chi connectivity index (χ1n) is 8.93. The summed E-state index contributed by atoms with van der Waals surface area (Å²) >= 11 is 0. The van der Waals surface area contributed by atoms with Gasteiger partial charge in [-0.3, -0.25) is 9.69 Å². The van der Waals surface area contributed by atoms with E-state index in [0.29, 0.717) is 51.2 Å². The summed E-state index contributed by atoms with van der Waals surface area (Å²) in [7, 11) is 0. The van der Waals surface area contributed by atoms with Gasteiger partial charge in [-0.05, 0) is 13.8 Å². The lowest BCUT2D eigenvalue weighted by atomic mass is 10.2. The molecule has 25 heavy (non-hydrogen) atoms. The van der Waals surface area contributed by atoms with Crippen LogP contribution in [0.1, 0.15) is 31.7 Å². The molecular weight excluding hydrogens is 326 g/mol. The van der Waals surface area contributed by atoms with Crippen LogP contribution in [0.4, 0.5) is 0 Å². The second-order valence-corrected chi connectivity index (χ2v) is 6.33. The van der Waals surface area contributed by atoms with Gasteiger partial charge in [0.15, 0.2) is 5.82 Å². The minimum absolute atomic E-state index is 0.130. The Kier molecular flexibility index (Phi) is 6.35. The van der Waals surface area contributed by atoms with Gasteiger partial charge in [-0.15, -0.1) is 0 Å². The van der Waals surface area contributed by atoms with Crippen molar-refractivity contribution in [2.45, 2.75) is 32.5 Å². The van der Waals surface area contributed by atoms with Gasteiger partial charge < -0.3 is 24.2 Å². The first-order valence-corrected chi connectivity index (χ1v) is 8.93. The molecule has 1 aromatic rings. The third-order valence-corrected chi connectivity index (χ3v) is 4.53. The molecule has 9 heteroatoms. The number of amides is 1. The van der Waals surface area contributed by atoms with Crippen molar-refractivity contribution in [2.24, 2.45) is 0 Å². The van der Waals surface area contributed by atoms with E-state index < -0.39 is 0 Å². The topological polar surface area (TPSA) is 93.0 Å². The normalized spacial score (nSPS) is 23.6. The molecule has 0 aliphatic carbocycles. The number of morpholine rings is 1. The highest BCUT2D eigenvalue weighted by Crippen LogP contribution is 2.14. The Balaban J connectivity index is 1.45. The summed E-state index contributed by atoms with van der Waals surface area (Å²) in [6, 6.07) is -0.209. The lowest BCUT2D eigenvalue weighted by Crippen LogP contribution is -2.57. The van der Waals surface area contributed by atoms with Crippen LogP contribution in [0.5, 0.6) is 0 Å². The highest BCUT2D eigenvalue weighted by Gasteiger charge is 2.29. The van der Waals surface area contributed by atoms with E-state index in [-0.39, 0.29) is 18.1 Å². The van der Waals surface area contributed by atoms with Gasteiger partial charge in [0, 0.05) is 39.3 Å². The first kappa shape index (κ1) is 18.2. The average molecular weight is 353 g/mol. The number of hydrogen-bond donors (Lipinski definition) is 1. The van der Waals surface area contributed by atoms with E-state index in [1.165, 1.54) is 0 Å². The van der Waals surface area contributed by atoms with Crippen molar-refractivity contribution in [3.63, 3.8) is 0 Å². The third kappa shape index (κ3) is 4.75. The van der Waals surface area contributed by atoms with E-state index in [1.807, 2.05) is 18.7 Å². The molecule has 1 amide bonds. The van der Waals surface area contributed by atoms with Crippen molar-refractivity contribution in [3.05, 3.63) is 11.7 Å². The summed E-state index contributed by atoms with van der Waals surface area (Å²) in [5.74, 6) is 1.29. The fourth-order valence-electron chi connectivity index (χ4n) is 3.08. The van der Waals surface area contributed by atoms with Gasteiger partial charge in [0.25, 0.3) is 0 Å². The largest absolute Gasteiger partial charge is 0.378 e. The molecule has 0 radical (unpaired) electrons. The van der Waals surface area contributed by atoms with Crippen LogP contribution in [-0.4, -0.2) is 84.4 Å². The Morgan fingerprint density at radius 2 is 2.20 bits per heavy atom. The van der Waals surface area contributed by atoms with E-state index in [2.05, 4.69) is 20.4 Å². The number of nitrogens with zero attached hydrogens (tertiary/aromatic N) is 4. The van der Waals surface area contributed by atoms with Crippen molar-refractivity contribution in [2.75, 3.05) is 52.5 Å². The van der Waals surface area contributed by atoms with Crippen LogP contribution in [0, 0.1) is 0 Å². The zero-order valence-electron chi connectivity index (χ0n) is 14.9. The second kappa shape index (κ2) is 8.70. The molecule has 0 bridgehead atoms. The van der Waals surface area contributed by atoms with Crippen molar-refractivity contribution in [3.8, 4) is 0 Å². The minimum atomic E-state index is -0.209. The molecule has 2 atom stereocenters. The molecule has 0 saturated carbocycles. The van der Waals surface area contributed by atoms with Crippen LogP contribution >= 0.6 is 0 Å². The lowest BCUT2D eigenvalue weighted by molar-refractivity contribution is -0.138. The molecule has 2 aliphatic rings. The van der Waals surface area contributed by atoms with Crippen LogP contribution in [-0.2, 0) is 20.8 Å². The summed E-state index contributed by atoms with van der Waals surface area (Å²) < 4.78 is 16.2. The van der Waals surface area contributed by atoms with E-state index >= 15 is 0 Å². The quantitative estimate of drug-likeness (QED) is 0.752. The fraction of sp³-hybridized carbons (Fsp3) is 0.812. The van der Waals surface area contributed by atoms with E-state index in [0.717, 1.165) is 19.6 Å². The number of carbonyl (C=O) groups is 1. The maximum atomic E-state index is 12.5. The molecule has 2 fully saturated rings. The van der Waals surface area contributed by atoms with Gasteiger partial charge in [-0.1, -0.05) is 5.16 Å². The molecule has 140 valence electrons. The molecule has 1 N–H and O–H groups in total. The zero-order chi connectivity index (χ0) is 17.6. The summed E-state index contributed by atoms with van der Waals surface area (Å²) in [5.41, 5.74) is 0. The smallest absolute Gasteiger partial charge is 0.242 e. The van der Waals surface area contributed by atoms with Gasteiger partial charge in [-0.2, -0.15) is 4.98 Å². The van der Waals surface area contributed by atoms with Crippen LogP contribution in [0.3, 0.4) is 0 Å². The Hall–Kier alpha value is -1.55. The van der Waals surface area contributed by atoms with Crippen LogP contribution in [0.25, 0.3) is 0 Å². The van der Waals surface area contributed by atoms with Crippen molar-refractivity contribution in [1.29, 1.82) is 0 Å². The van der Waals surface area contributed by atoms with Gasteiger partial charge >= 0.3 is 0 Å². The van der Waals surface area contributed by atoms with Gasteiger partial charge in [-0.25, -0.2) is 0 Å². The Labute approximate surface area is 147 Å². The SMILES string of the molecule is CCOC(C)c1noc(CN2CCN(C(=O)C3COCCN3)CC2)n1. The molecule has 0 aromatic carbocycles. The summed E-state index contributed by atoms with van der Waals surface area (Å²) in [4.78, 5) is 21.0. The predicted molar refractivity (Wildman–Crippen MR) is 88.8 cm³/mol. The maximum Gasteiger partial charge on any atom is 0.242 e. The van der Waals surface area contributed by atoms with Gasteiger partial charge in [0.2, 0.25) is 11.8 Å². The molecule has 0 spiro atoms. The highest BCUT2D eigenvalue weighted by atomic mass is 16.5. The number of carbonyl (C=O) groups excluding carboxylic acids is 1. The minimum Gasteiger partial charge on any atom is -0.378 e. The molecule has 3 heterocycles. The predicted octanol–water partition coefficient (Wildman–Crippen LogP) is -0.200. The number of piperazine rings is 1. The van der Waals surface area contributed by atoms with Gasteiger partial charge in [0.1, 0.15) is 12.1 Å². The number of ether oxygens (including phenoxy) is 2. The Bertz CT molecular complexity index is 552. The molecular formula is C16H27N5O4. The highest BCUT2D eigenvalue weighted by molar-refractivity contribution is 5.82. The van der Waals surface area contributed by atoms with Crippen LogP contribution in [0.15, 0.2) is 4.52 Å². The Morgan fingerprint density at radius 1 is 1.40 bits per heavy atom. The molecule has 1 aromatic heterocycles. The van der Waals surface area contributed by atoms with Crippen LogP contribution in [0.2, 0.25) is 0 Å². The fourth-order valence-corrected chi connectivity index (χ4v) is 3.08. The summed E-state index contributed by atoms with van der Waals surface area (Å²) in [6.07, 6.45) is -0.165. The first-order chi connectivity index (χ1) is 12.2. The third-order valence-electron chi connectivity index (χ3n) is 4.53. The van der Waals surface area contributed by atoms with E-state index in [9.17, 15) is 4.79 Å². The molecule has 2 unspecified atom stereocenters.